The van der Waals surface area contributed by atoms with Gasteiger partial charge in [0.2, 0.25) is 5.91 Å². The van der Waals surface area contributed by atoms with Crippen LogP contribution in [0.5, 0.6) is 0 Å². The molecule has 0 bridgehead atoms. The largest absolute Gasteiger partial charge is 0.321 e. The van der Waals surface area contributed by atoms with Crippen molar-refractivity contribution in [1.29, 1.82) is 0 Å². The first kappa shape index (κ1) is 14.6. The molecule has 0 radical (unpaired) electrons. The third-order valence-electron chi connectivity index (χ3n) is 4.91. The quantitative estimate of drug-likeness (QED) is 0.919. The molecule has 2 fully saturated rings. The first-order chi connectivity index (χ1) is 10.1. The van der Waals surface area contributed by atoms with E-state index in [1.807, 2.05) is 6.07 Å². The van der Waals surface area contributed by atoms with Crippen LogP contribution in [0.2, 0.25) is 0 Å². The lowest BCUT2D eigenvalue weighted by Gasteiger charge is -2.25. The van der Waals surface area contributed by atoms with Gasteiger partial charge in [-0.25, -0.2) is 0 Å². The molecule has 2 aliphatic rings. The van der Waals surface area contributed by atoms with Crippen LogP contribution in [0.4, 0.5) is 0 Å². The third kappa shape index (κ3) is 2.71. The van der Waals surface area contributed by atoms with Crippen LogP contribution in [-0.4, -0.2) is 22.9 Å². The molecule has 1 saturated carbocycles. The number of nitrogens with zero attached hydrogens (tertiary/aromatic N) is 1. The smallest absolute Gasteiger partial charge is 0.244 e. The lowest BCUT2D eigenvalue weighted by atomic mass is 9.98. The summed E-state index contributed by atoms with van der Waals surface area (Å²) >= 11 is 0. The maximum atomic E-state index is 13.0. The van der Waals surface area contributed by atoms with Crippen LogP contribution in [0.15, 0.2) is 30.3 Å². The van der Waals surface area contributed by atoms with Gasteiger partial charge >= 0.3 is 0 Å². The molecule has 0 aromatic heterocycles. The van der Waals surface area contributed by atoms with Gasteiger partial charge in [0.15, 0.2) is 0 Å². The highest BCUT2D eigenvalue weighted by molar-refractivity contribution is 5.89. The molecule has 114 valence electrons. The zero-order valence-electron chi connectivity index (χ0n) is 13.1. The number of carbonyl (C=O) groups is 1. The van der Waals surface area contributed by atoms with Gasteiger partial charge in [-0.05, 0) is 30.7 Å². The van der Waals surface area contributed by atoms with E-state index >= 15 is 0 Å². The number of carbonyl (C=O) groups excluding carboxylic acids is 1. The highest BCUT2D eigenvalue weighted by Crippen LogP contribution is 2.40. The molecule has 1 aliphatic heterocycles. The molecular formula is C18H26N2O. The van der Waals surface area contributed by atoms with Crippen LogP contribution in [0.3, 0.4) is 0 Å². The molecule has 1 unspecified atom stereocenters. The summed E-state index contributed by atoms with van der Waals surface area (Å²) in [5.74, 6) is 0.948. The summed E-state index contributed by atoms with van der Waals surface area (Å²) in [7, 11) is 0. The van der Waals surface area contributed by atoms with Crippen molar-refractivity contribution in [2.75, 3.05) is 6.54 Å². The van der Waals surface area contributed by atoms with E-state index in [2.05, 4.69) is 48.3 Å². The third-order valence-corrected chi connectivity index (χ3v) is 4.91. The van der Waals surface area contributed by atoms with Gasteiger partial charge in [-0.1, -0.05) is 57.0 Å². The van der Waals surface area contributed by atoms with Crippen molar-refractivity contribution in [3.8, 4) is 0 Å². The van der Waals surface area contributed by atoms with Crippen molar-refractivity contribution in [3.63, 3.8) is 0 Å². The molecule has 1 aliphatic carbocycles. The summed E-state index contributed by atoms with van der Waals surface area (Å²) in [4.78, 5) is 15.1. The Morgan fingerprint density at radius 2 is 1.90 bits per heavy atom. The van der Waals surface area contributed by atoms with Gasteiger partial charge in [-0.3, -0.25) is 10.1 Å². The number of hydrogen-bond acceptors (Lipinski definition) is 2. The van der Waals surface area contributed by atoms with Gasteiger partial charge in [0.1, 0.15) is 6.17 Å². The predicted octanol–water partition coefficient (Wildman–Crippen LogP) is 3.48. The monoisotopic (exact) mass is 286 g/mol. The van der Waals surface area contributed by atoms with E-state index in [0.717, 1.165) is 38.6 Å². The Bertz CT molecular complexity index is 491. The number of amides is 1. The molecular weight excluding hydrogens is 260 g/mol. The van der Waals surface area contributed by atoms with Crippen molar-refractivity contribution in [2.45, 2.75) is 57.7 Å². The van der Waals surface area contributed by atoms with Crippen LogP contribution in [-0.2, 0) is 4.79 Å². The molecule has 1 aromatic carbocycles. The van der Waals surface area contributed by atoms with Gasteiger partial charge in [-0.2, -0.15) is 0 Å². The maximum Gasteiger partial charge on any atom is 0.244 e. The topological polar surface area (TPSA) is 32.3 Å². The average Bonchev–Trinajstić information content (AvgIpc) is 3.06. The van der Waals surface area contributed by atoms with Gasteiger partial charge in [0, 0.05) is 6.54 Å². The first-order valence-electron chi connectivity index (χ1n) is 8.26. The van der Waals surface area contributed by atoms with E-state index in [0.29, 0.717) is 11.8 Å². The van der Waals surface area contributed by atoms with E-state index < -0.39 is 0 Å². The van der Waals surface area contributed by atoms with Gasteiger partial charge in [0.05, 0.1) is 5.54 Å². The Labute approximate surface area is 127 Å². The number of nitrogens with one attached hydrogen (secondary N) is 1. The number of hydrogen-bond donors (Lipinski definition) is 1. The Morgan fingerprint density at radius 1 is 1.24 bits per heavy atom. The number of benzene rings is 1. The van der Waals surface area contributed by atoms with Gasteiger partial charge in [-0.15, -0.1) is 0 Å². The van der Waals surface area contributed by atoms with Crippen LogP contribution in [0.25, 0.3) is 0 Å². The number of rotatable bonds is 4. The Balaban J connectivity index is 1.86. The molecule has 3 heteroatoms. The first-order valence-corrected chi connectivity index (χ1v) is 8.26. The van der Waals surface area contributed by atoms with E-state index in [1.54, 1.807) is 0 Å². The standard InChI is InChI=1S/C18H26N2O/c1-14(2)10-13-20-16(15-8-4-3-5-9-15)19-18(17(20)21)11-6-7-12-18/h3-5,8-9,14,16,19H,6-7,10-13H2,1-2H3. The fourth-order valence-electron chi connectivity index (χ4n) is 3.66. The molecule has 1 amide bonds. The minimum absolute atomic E-state index is 0.0514. The summed E-state index contributed by atoms with van der Waals surface area (Å²) in [6.07, 6.45) is 5.43. The fourth-order valence-corrected chi connectivity index (χ4v) is 3.66. The fraction of sp³-hybridized carbons (Fsp3) is 0.611. The van der Waals surface area contributed by atoms with Crippen molar-refractivity contribution >= 4 is 5.91 Å². The predicted molar refractivity (Wildman–Crippen MR) is 84.7 cm³/mol. The molecule has 1 saturated heterocycles. The summed E-state index contributed by atoms with van der Waals surface area (Å²) < 4.78 is 0. The Morgan fingerprint density at radius 3 is 2.52 bits per heavy atom. The second-order valence-corrected chi connectivity index (χ2v) is 6.93. The Hall–Kier alpha value is -1.35. The lowest BCUT2D eigenvalue weighted by molar-refractivity contribution is -0.133. The van der Waals surface area contributed by atoms with E-state index in [9.17, 15) is 4.79 Å². The zero-order valence-corrected chi connectivity index (χ0v) is 13.1. The normalized spacial score (nSPS) is 24.4. The van der Waals surface area contributed by atoms with Gasteiger partial charge < -0.3 is 4.90 Å². The van der Waals surface area contributed by atoms with Crippen LogP contribution < -0.4 is 5.32 Å². The molecule has 3 rings (SSSR count). The summed E-state index contributed by atoms with van der Waals surface area (Å²) in [6.45, 7) is 5.29. The molecule has 1 heterocycles. The average molecular weight is 286 g/mol. The zero-order chi connectivity index (χ0) is 14.9. The summed E-state index contributed by atoms with van der Waals surface area (Å²) in [5, 5.41) is 3.68. The summed E-state index contributed by atoms with van der Waals surface area (Å²) in [6, 6.07) is 10.4. The molecule has 3 nitrogen and oxygen atoms in total. The summed E-state index contributed by atoms with van der Waals surface area (Å²) in [5.41, 5.74) is 0.927. The van der Waals surface area contributed by atoms with Crippen molar-refractivity contribution < 1.29 is 4.79 Å². The second kappa shape index (κ2) is 5.80. The van der Waals surface area contributed by atoms with Crippen LogP contribution >= 0.6 is 0 Å². The van der Waals surface area contributed by atoms with Crippen LogP contribution in [0, 0.1) is 5.92 Å². The van der Waals surface area contributed by atoms with Crippen molar-refractivity contribution in [1.82, 2.24) is 10.2 Å². The Kier molecular flexibility index (Phi) is 4.03. The van der Waals surface area contributed by atoms with Crippen molar-refractivity contribution in [2.24, 2.45) is 5.92 Å². The minimum Gasteiger partial charge on any atom is -0.321 e. The maximum absolute atomic E-state index is 13.0. The van der Waals surface area contributed by atoms with Crippen LogP contribution in [0.1, 0.15) is 57.7 Å². The molecule has 1 atom stereocenters. The molecule has 1 aromatic rings. The highest BCUT2D eigenvalue weighted by atomic mass is 16.2. The molecule has 21 heavy (non-hydrogen) atoms. The van der Waals surface area contributed by atoms with Gasteiger partial charge in [0.25, 0.3) is 0 Å². The van der Waals surface area contributed by atoms with E-state index in [-0.39, 0.29) is 11.7 Å². The second-order valence-electron chi connectivity index (χ2n) is 6.93. The highest BCUT2D eigenvalue weighted by Gasteiger charge is 2.52. The molecule has 1 spiro atoms. The van der Waals surface area contributed by atoms with E-state index in [1.165, 1.54) is 5.56 Å². The van der Waals surface area contributed by atoms with Crippen molar-refractivity contribution in [3.05, 3.63) is 35.9 Å². The SMILES string of the molecule is CC(C)CCN1C(=O)C2(CCCC2)NC1c1ccccc1. The minimum atomic E-state index is -0.280. The molecule has 1 N–H and O–H groups in total. The lowest BCUT2D eigenvalue weighted by Crippen LogP contribution is -2.44. The van der Waals surface area contributed by atoms with E-state index in [4.69, 9.17) is 0 Å².